The minimum Gasteiger partial charge on any atom is -0.462 e. The minimum absolute atomic E-state index is 0.277. The molecule has 4 rings (SSSR count). The molecule has 0 aliphatic heterocycles. The van der Waals surface area contributed by atoms with E-state index < -0.39 is 5.97 Å². The molecule has 8 heteroatoms. The molecule has 2 aromatic carbocycles. The first-order chi connectivity index (χ1) is 14.6. The van der Waals surface area contributed by atoms with E-state index in [4.69, 9.17) is 20.8 Å². The van der Waals surface area contributed by atoms with Crippen molar-refractivity contribution in [2.45, 2.75) is 6.92 Å². The summed E-state index contributed by atoms with van der Waals surface area (Å²) in [4.78, 5) is 16.5. The summed E-state index contributed by atoms with van der Waals surface area (Å²) in [6.45, 7) is 2.02. The van der Waals surface area contributed by atoms with E-state index in [9.17, 15) is 4.79 Å². The van der Waals surface area contributed by atoms with Gasteiger partial charge in [0.15, 0.2) is 0 Å². The number of anilines is 1. The maximum atomic E-state index is 12.0. The van der Waals surface area contributed by atoms with Gasteiger partial charge in [-0.1, -0.05) is 23.7 Å². The van der Waals surface area contributed by atoms with Crippen LogP contribution in [0.5, 0.6) is 0 Å². The Morgan fingerprint density at radius 2 is 2.10 bits per heavy atom. The number of nitrogens with zero attached hydrogens (tertiary/aromatic N) is 3. The number of fused-ring (bicyclic) bond motifs is 1. The molecule has 2 aromatic heterocycles. The number of para-hydroxylation sites is 2. The van der Waals surface area contributed by atoms with Crippen molar-refractivity contribution in [1.29, 1.82) is 0 Å². The van der Waals surface area contributed by atoms with Crippen molar-refractivity contribution in [1.82, 2.24) is 9.55 Å². The number of imidazole rings is 1. The van der Waals surface area contributed by atoms with Crippen molar-refractivity contribution in [2.75, 3.05) is 12.0 Å². The van der Waals surface area contributed by atoms with Crippen LogP contribution in [0.3, 0.4) is 0 Å². The van der Waals surface area contributed by atoms with E-state index in [0.717, 1.165) is 11.0 Å². The molecule has 7 nitrogen and oxygen atoms in total. The highest BCUT2D eigenvalue weighted by molar-refractivity contribution is 6.33. The van der Waals surface area contributed by atoms with Crippen molar-refractivity contribution in [3.05, 3.63) is 70.9 Å². The van der Waals surface area contributed by atoms with Gasteiger partial charge < -0.3 is 13.7 Å². The number of halogens is 1. The molecule has 0 fully saturated rings. The Labute approximate surface area is 177 Å². The Morgan fingerprint density at radius 1 is 1.27 bits per heavy atom. The third-order valence-corrected chi connectivity index (χ3v) is 4.85. The smallest absolute Gasteiger partial charge is 0.339 e. The number of carbonyl (C=O) groups excluding carboxylic acids is 1. The van der Waals surface area contributed by atoms with Gasteiger partial charge in [0.25, 0.3) is 0 Å². The fourth-order valence-electron chi connectivity index (χ4n) is 3.02. The molecule has 152 valence electrons. The van der Waals surface area contributed by atoms with Crippen LogP contribution >= 0.6 is 11.6 Å². The van der Waals surface area contributed by atoms with Gasteiger partial charge in [0.2, 0.25) is 5.95 Å². The quantitative estimate of drug-likeness (QED) is 0.265. The number of rotatable bonds is 6. The Hall–Kier alpha value is -3.58. The van der Waals surface area contributed by atoms with Crippen LogP contribution in [0.4, 0.5) is 5.95 Å². The lowest BCUT2D eigenvalue weighted by Gasteiger charge is -2.05. The largest absolute Gasteiger partial charge is 0.462 e. The van der Waals surface area contributed by atoms with E-state index in [-0.39, 0.29) is 6.61 Å². The zero-order chi connectivity index (χ0) is 21.1. The highest BCUT2D eigenvalue weighted by atomic mass is 35.5. The molecule has 1 N–H and O–H groups in total. The van der Waals surface area contributed by atoms with Gasteiger partial charge in [-0.2, -0.15) is 5.10 Å². The molecule has 0 aliphatic rings. The van der Waals surface area contributed by atoms with Crippen LogP contribution in [0.1, 0.15) is 23.0 Å². The van der Waals surface area contributed by atoms with E-state index in [2.05, 4.69) is 15.5 Å². The SMILES string of the molecule is CCOC(=O)c1cc(-c2ccc(/C=N\Nc3nc4ccccc4n3C)o2)ccc1Cl. The summed E-state index contributed by atoms with van der Waals surface area (Å²) in [7, 11) is 1.92. The van der Waals surface area contributed by atoms with Gasteiger partial charge in [0.05, 0.1) is 34.4 Å². The molecule has 0 spiro atoms. The van der Waals surface area contributed by atoms with Crippen molar-refractivity contribution >= 4 is 40.8 Å². The average Bonchev–Trinajstić information content (AvgIpc) is 3.34. The molecular weight excluding hydrogens is 404 g/mol. The number of aryl methyl sites for hydroxylation is 1. The lowest BCUT2D eigenvalue weighted by molar-refractivity contribution is 0.0526. The molecule has 0 saturated heterocycles. The standard InChI is InChI=1S/C22H19ClN4O3/c1-3-29-21(28)16-12-14(8-10-17(16)23)20-11-9-15(30-20)13-24-26-22-25-18-6-4-5-7-19(18)27(22)2/h4-13H,3H2,1-2H3,(H,25,26)/b24-13-. The van der Waals surface area contributed by atoms with Gasteiger partial charge in [0, 0.05) is 12.6 Å². The zero-order valence-corrected chi connectivity index (χ0v) is 17.2. The summed E-state index contributed by atoms with van der Waals surface area (Å²) in [6.07, 6.45) is 1.56. The van der Waals surface area contributed by atoms with Crippen LogP contribution in [0.2, 0.25) is 5.02 Å². The lowest BCUT2D eigenvalue weighted by Crippen LogP contribution is -2.05. The second kappa shape index (κ2) is 8.42. The van der Waals surface area contributed by atoms with E-state index in [1.165, 1.54) is 0 Å². The van der Waals surface area contributed by atoms with Gasteiger partial charge in [-0.3, -0.25) is 0 Å². The number of hydrogen-bond donors (Lipinski definition) is 1. The summed E-state index contributed by atoms with van der Waals surface area (Å²) in [6, 6.07) is 16.5. The van der Waals surface area contributed by atoms with E-state index in [1.807, 2.05) is 35.9 Å². The number of esters is 1. The molecule has 4 aromatic rings. The first-order valence-electron chi connectivity index (χ1n) is 9.34. The van der Waals surface area contributed by atoms with Crippen molar-refractivity contribution in [2.24, 2.45) is 12.1 Å². The normalized spacial score (nSPS) is 11.3. The topological polar surface area (TPSA) is 81.6 Å². The van der Waals surface area contributed by atoms with Crippen molar-refractivity contribution in [3.63, 3.8) is 0 Å². The number of ether oxygens (including phenoxy) is 1. The van der Waals surface area contributed by atoms with Crippen LogP contribution in [-0.2, 0) is 11.8 Å². The molecule has 0 unspecified atom stereocenters. The molecular formula is C22H19ClN4O3. The Bertz CT molecular complexity index is 1240. The highest BCUT2D eigenvalue weighted by Gasteiger charge is 2.14. The number of carbonyl (C=O) groups is 1. The molecule has 30 heavy (non-hydrogen) atoms. The van der Waals surface area contributed by atoms with Gasteiger partial charge in [0.1, 0.15) is 11.5 Å². The van der Waals surface area contributed by atoms with Crippen molar-refractivity contribution in [3.8, 4) is 11.3 Å². The third kappa shape index (κ3) is 3.92. The third-order valence-electron chi connectivity index (χ3n) is 4.52. The monoisotopic (exact) mass is 422 g/mol. The number of hydrazone groups is 1. The number of benzene rings is 2. The van der Waals surface area contributed by atoms with Gasteiger partial charge in [-0.15, -0.1) is 0 Å². The second-order valence-corrected chi connectivity index (χ2v) is 6.88. The van der Waals surface area contributed by atoms with Gasteiger partial charge in [-0.25, -0.2) is 15.2 Å². The molecule has 0 radical (unpaired) electrons. The van der Waals surface area contributed by atoms with E-state index >= 15 is 0 Å². The number of aromatic nitrogens is 2. The Balaban J connectivity index is 1.51. The van der Waals surface area contributed by atoms with Gasteiger partial charge in [-0.05, 0) is 49.4 Å². The summed E-state index contributed by atoms with van der Waals surface area (Å²) in [5.41, 5.74) is 5.84. The summed E-state index contributed by atoms with van der Waals surface area (Å²) < 4.78 is 12.8. The molecule has 0 saturated carbocycles. The van der Waals surface area contributed by atoms with Crippen LogP contribution in [-0.4, -0.2) is 28.3 Å². The zero-order valence-electron chi connectivity index (χ0n) is 16.4. The predicted octanol–water partition coefficient (Wildman–Crippen LogP) is 5.11. The highest BCUT2D eigenvalue weighted by Crippen LogP contribution is 2.27. The van der Waals surface area contributed by atoms with Crippen LogP contribution in [0.25, 0.3) is 22.4 Å². The Morgan fingerprint density at radius 3 is 2.90 bits per heavy atom. The molecule has 0 bridgehead atoms. The number of hydrogen-bond acceptors (Lipinski definition) is 6. The van der Waals surface area contributed by atoms with Crippen LogP contribution < -0.4 is 5.43 Å². The summed E-state index contributed by atoms with van der Waals surface area (Å²) in [5, 5.41) is 4.54. The fraction of sp³-hybridized carbons (Fsp3) is 0.136. The fourth-order valence-corrected chi connectivity index (χ4v) is 3.22. The van der Waals surface area contributed by atoms with Crippen molar-refractivity contribution < 1.29 is 13.9 Å². The molecule has 0 atom stereocenters. The molecule has 2 heterocycles. The molecule has 0 amide bonds. The van der Waals surface area contributed by atoms with Gasteiger partial charge >= 0.3 is 5.97 Å². The minimum atomic E-state index is -0.468. The maximum absolute atomic E-state index is 12.0. The number of furan rings is 1. The first-order valence-corrected chi connectivity index (χ1v) is 9.72. The second-order valence-electron chi connectivity index (χ2n) is 6.47. The average molecular weight is 423 g/mol. The maximum Gasteiger partial charge on any atom is 0.339 e. The Kier molecular flexibility index (Phi) is 5.54. The van der Waals surface area contributed by atoms with E-state index in [0.29, 0.717) is 33.6 Å². The summed E-state index contributed by atoms with van der Waals surface area (Å²) in [5.74, 6) is 1.28. The lowest BCUT2D eigenvalue weighted by atomic mass is 10.1. The predicted molar refractivity (Wildman–Crippen MR) is 117 cm³/mol. The number of nitrogens with one attached hydrogen (secondary N) is 1. The van der Waals surface area contributed by atoms with Crippen LogP contribution in [0, 0.1) is 0 Å². The molecule has 0 aliphatic carbocycles. The van der Waals surface area contributed by atoms with Crippen LogP contribution in [0.15, 0.2) is 64.1 Å². The summed E-state index contributed by atoms with van der Waals surface area (Å²) >= 11 is 6.12. The first kappa shape index (κ1) is 19.7. The van der Waals surface area contributed by atoms with E-state index in [1.54, 1.807) is 43.5 Å².